The second-order valence-corrected chi connectivity index (χ2v) is 5.41. The molecule has 106 valence electrons. The highest BCUT2D eigenvalue weighted by molar-refractivity contribution is 4.50. The highest BCUT2D eigenvalue weighted by Crippen LogP contribution is 1.88. The van der Waals surface area contributed by atoms with E-state index in [1.807, 2.05) is 0 Å². The summed E-state index contributed by atoms with van der Waals surface area (Å²) >= 11 is 0. The van der Waals surface area contributed by atoms with E-state index in [1.54, 1.807) is 0 Å². The van der Waals surface area contributed by atoms with Crippen LogP contribution in [0.4, 0.5) is 0 Å². The van der Waals surface area contributed by atoms with Crippen molar-refractivity contribution in [3.05, 3.63) is 0 Å². The zero-order chi connectivity index (χ0) is 13.5. The van der Waals surface area contributed by atoms with Crippen molar-refractivity contribution in [2.45, 2.75) is 73.3 Å². The second-order valence-electron chi connectivity index (χ2n) is 5.41. The normalized spacial score (nSPS) is 10.6. The van der Waals surface area contributed by atoms with Gasteiger partial charge in [-0.05, 0) is 38.4 Å². The predicted molar refractivity (Wildman–Crippen MR) is 80.7 cm³/mol. The molecule has 0 rings (SSSR count). The van der Waals surface area contributed by atoms with Crippen molar-refractivity contribution in [1.29, 1.82) is 0 Å². The zero-order valence-electron chi connectivity index (χ0n) is 13.1. The summed E-state index contributed by atoms with van der Waals surface area (Å²) < 4.78 is 0. The summed E-state index contributed by atoms with van der Waals surface area (Å²) in [4.78, 5) is 0. The first-order valence-corrected chi connectivity index (χ1v) is 7.48. The number of hydrogen-bond acceptors (Lipinski definition) is 2. The van der Waals surface area contributed by atoms with E-state index in [0.717, 1.165) is 5.92 Å². The molecule has 2 nitrogen and oxygen atoms in total. The van der Waals surface area contributed by atoms with Gasteiger partial charge in [-0.3, -0.25) is 0 Å². The van der Waals surface area contributed by atoms with Crippen molar-refractivity contribution >= 4 is 0 Å². The lowest BCUT2D eigenvalue weighted by atomic mass is 10.2. The Morgan fingerprint density at radius 3 is 1.76 bits per heavy atom. The Morgan fingerprint density at radius 1 is 0.824 bits per heavy atom. The maximum atomic E-state index is 3.39. The van der Waals surface area contributed by atoms with Gasteiger partial charge in [0.05, 0.1) is 0 Å². The van der Waals surface area contributed by atoms with Gasteiger partial charge in [-0.25, -0.2) is 0 Å². The van der Waals surface area contributed by atoms with Crippen LogP contribution in [0.3, 0.4) is 0 Å². The molecule has 0 bridgehead atoms. The Kier molecular flexibility index (Phi) is 18.0. The Morgan fingerprint density at radius 2 is 1.35 bits per heavy atom. The third-order valence-electron chi connectivity index (χ3n) is 2.34. The number of rotatable bonds is 9. The van der Waals surface area contributed by atoms with E-state index in [9.17, 15) is 0 Å². The van der Waals surface area contributed by atoms with Gasteiger partial charge in [-0.15, -0.1) is 0 Å². The summed E-state index contributed by atoms with van der Waals surface area (Å²) in [7, 11) is 0. The van der Waals surface area contributed by atoms with Crippen LogP contribution in [0.2, 0.25) is 0 Å². The molecule has 0 aromatic heterocycles. The molecule has 17 heavy (non-hydrogen) atoms. The number of unbranched alkanes of at least 4 members (excludes halogenated alkanes) is 2. The minimum atomic E-state index is 0.654. The first-order chi connectivity index (χ1) is 8.04. The van der Waals surface area contributed by atoms with E-state index >= 15 is 0 Å². The smallest absolute Gasteiger partial charge is 0.00103 e. The lowest BCUT2D eigenvalue weighted by Gasteiger charge is -2.05. The first-order valence-electron chi connectivity index (χ1n) is 7.48. The molecular weight excluding hydrogens is 208 g/mol. The molecule has 0 amide bonds. The topological polar surface area (TPSA) is 24.1 Å². The molecule has 0 unspecified atom stereocenters. The van der Waals surface area contributed by atoms with Gasteiger partial charge in [-0.1, -0.05) is 54.4 Å². The third kappa shape index (κ3) is 25.9. The molecule has 2 heteroatoms. The van der Waals surface area contributed by atoms with E-state index in [0.29, 0.717) is 6.04 Å². The number of nitrogens with one attached hydrogen (secondary N) is 2. The number of hydrogen-bond donors (Lipinski definition) is 2. The Hall–Kier alpha value is -0.0800. The van der Waals surface area contributed by atoms with Crippen LogP contribution in [0.15, 0.2) is 0 Å². The van der Waals surface area contributed by atoms with Crippen molar-refractivity contribution in [2.24, 2.45) is 5.92 Å². The van der Waals surface area contributed by atoms with Crippen LogP contribution >= 0.6 is 0 Å². The van der Waals surface area contributed by atoms with Crippen LogP contribution in [0.25, 0.3) is 0 Å². The summed E-state index contributed by atoms with van der Waals surface area (Å²) in [6.07, 6.45) is 5.20. The minimum absolute atomic E-state index is 0.654. The van der Waals surface area contributed by atoms with Gasteiger partial charge >= 0.3 is 0 Å². The molecule has 0 saturated heterocycles. The Bertz CT molecular complexity index is 122. The molecule has 0 aliphatic rings. The van der Waals surface area contributed by atoms with Crippen molar-refractivity contribution in [2.75, 3.05) is 19.6 Å². The maximum absolute atomic E-state index is 3.39. The van der Waals surface area contributed by atoms with Gasteiger partial charge in [0.25, 0.3) is 0 Å². The van der Waals surface area contributed by atoms with Gasteiger partial charge in [0.15, 0.2) is 0 Å². The standard InChI is InChI=1S/C8H19N.C7H17N/c1-4-5-6-9-7-8(2)3;1-4-5-6-8-7(2)3/h8-9H,4-7H2,1-3H3;7-8H,4-6H2,1-3H3. The molecule has 0 aromatic carbocycles. The third-order valence-corrected chi connectivity index (χ3v) is 2.34. The summed E-state index contributed by atoms with van der Waals surface area (Å²) in [5.74, 6) is 0.793. The van der Waals surface area contributed by atoms with Gasteiger partial charge < -0.3 is 10.6 Å². The molecule has 0 atom stereocenters. The lowest BCUT2D eigenvalue weighted by molar-refractivity contribution is 0.540. The van der Waals surface area contributed by atoms with E-state index in [1.165, 1.54) is 45.3 Å². The van der Waals surface area contributed by atoms with Crippen molar-refractivity contribution in [1.82, 2.24) is 10.6 Å². The lowest BCUT2D eigenvalue weighted by Crippen LogP contribution is -2.23. The highest BCUT2D eigenvalue weighted by atomic mass is 14.9. The van der Waals surface area contributed by atoms with E-state index < -0.39 is 0 Å². The summed E-state index contributed by atoms with van der Waals surface area (Å²) in [6.45, 7) is 16.8. The minimum Gasteiger partial charge on any atom is -0.316 e. The SMILES string of the molecule is CCCCNC(C)C.CCCCNCC(C)C. The van der Waals surface area contributed by atoms with E-state index in [2.05, 4.69) is 52.2 Å². The van der Waals surface area contributed by atoms with Crippen LogP contribution in [0, 0.1) is 5.92 Å². The van der Waals surface area contributed by atoms with Crippen LogP contribution in [-0.2, 0) is 0 Å². The van der Waals surface area contributed by atoms with Crippen molar-refractivity contribution in [3.63, 3.8) is 0 Å². The molecule has 0 radical (unpaired) electrons. The average Bonchev–Trinajstić information content (AvgIpc) is 2.25. The fourth-order valence-electron chi connectivity index (χ4n) is 1.26. The van der Waals surface area contributed by atoms with Gasteiger partial charge in [0.1, 0.15) is 0 Å². The molecule has 0 fully saturated rings. The van der Waals surface area contributed by atoms with E-state index in [4.69, 9.17) is 0 Å². The highest BCUT2D eigenvalue weighted by Gasteiger charge is 1.90. The fourth-order valence-corrected chi connectivity index (χ4v) is 1.26. The quantitative estimate of drug-likeness (QED) is 0.603. The van der Waals surface area contributed by atoms with E-state index in [-0.39, 0.29) is 0 Å². The monoisotopic (exact) mass is 244 g/mol. The summed E-state index contributed by atoms with van der Waals surface area (Å²) in [5.41, 5.74) is 0. The van der Waals surface area contributed by atoms with Gasteiger partial charge in [0.2, 0.25) is 0 Å². The summed E-state index contributed by atoms with van der Waals surface area (Å²) in [6, 6.07) is 0.654. The second kappa shape index (κ2) is 15.9. The summed E-state index contributed by atoms with van der Waals surface area (Å²) in [5, 5.41) is 6.73. The first kappa shape index (κ1) is 19.3. The van der Waals surface area contributed by atoms with Crippen LogP contribution in [0.5, 0.6) is 0 Å². The molecule has 0 aliphatic heterocycles. The Labute approximate surface area is 110 Å². The van der Waals surface area contributed by atoms with Gasteiger partial charge in [0, 0.05) is 6.04 Å². The molecule has 0 saturated carbocycles. The van der Waals surface area contributed by atoms with Crippen molar-refractivity contribution in [3.8, 4) is 0 Å². The molecule has 0 heterocycles. The molecule has 0 aromatic rings. The van der Waals surface area contributed by atoms with Crippen molar-refractivity contribution < 1.29 is 0 Å². The average molecular weight is 244 g/mol. The molecule has 0 spiro atoms. The molecular formula is C15H36N2. The van der Waals surface area contributed by atoms with Crippen LogP contribution < -0.4 is 10.6 Å². The fraction of sp³-hybridized carbons (Fsp3) is 1.00. The van der Waals surface area contributed by atoms with Gasteiger partial charge in [-0.2, -0.15) is 0 Å². The largest absolute Gasteiger partial charge is 0.316 e. The Balaban J connectivity index is 0. The van der Waals surface area contributed by atoms with Crippen LogP contribution in [0.1, 0.15) is 67.2 Å². The molecule has 0 aliphatic carbocycles. The predicted octanol–water partition coefficient (Wildman–Crippen LogP) is 3.82. The maximum Gasteiger partial charge on any atom is 0.00103 e. The molecule has 2 N–H and O–H groups in total. The zero-order valence-corrected chi connectivity index (χ0v) is 13.1. The van der Waals surface area contributed by atoms with Crippen LogP contribution in [-0.4, -0.2) is 25.7 Å².